The summed E-state index contributed by atoms with van der Waals surface area (Å²) in [5, 5.41) is 2.89. The van der Waals surface area contributed by atoms with Gasteiger partial charge in [-0.2, -0.15) is 0 Å². The number of amides is 2. The molecule has 0 spiro atoms. The first-order valence-electron chi connectivity index (χ1n) is 9.25. The van der Waals surface area contributed by atoms with Crippen molar-refractivity contribution in [2.24, 2.45) is 5.92 Å². The van der Waals surface area contributed by atoms with Crippen molar-refractivity contribution < 1.29 is 19.1 Å². The Morgan fingerprint density at radius 3 is 2.82 bits per heavy atom. The predicted octanol–water partition coefficient (Wildman–Crippen LogP) is 1.53. The number of aromatic nitrogens is 2. The van der Waals surface area contributed by atoms with Gasteiger partial charge in [-0.1, -0.05) is 12.1 Å². The molecule has 8 heteroatoms. The van der Waals surface area contributed by atoms with E-state index in [9.17, 15) is 9.59 Å². The van der Waals surface area contributed by atoms with Crippen LogP contribution in [0.5, 0.6) is 11.5 Å². The molecule has 0 unspecified atom stereocenters. The highest BCUT2D eigenvalue weighted by molar-refractivity contribution is 5.92. The van der Waals surface area contributed by atoms with Crippen LogP contribution in [0.15, 0.2) is 42.9 Å². The lowest BCUT2D eigenvalue weighted by molar-refractivity contribution is -0.123. The molecule has 1 N–H and O–H groups in total. The monoisotopic (exact) mass is 384 g/mol. The highest BCUT2D eigenvalue weighted by Crippen LogP contribution is 2.25. The van der Waals surface area contributed by atoms with Crippen LogP contribution in [-0.4, -0.2) is 60.0 Å². The van der Waals surface area contributed by atoms with E-state index in [1.807, 2.05) is 12.1 Å². The van der Waals surface area contributed by atoms with E-state index in [1.54, 1.807) is 30.3 Å². The summed E-state index contributed by atoms with van der Waals surface area (Å²) < 4.78 is 10.7. The Morgan fingerprint density at radius 2 is 2.07 bits per heavy atom. The summed E-state index contributed by atoms with van der Waals surface area (Å²) in [6.45, 7) is 1.69. The van der Waals surface area contributed by atoms with Crippen molar-refractivity contribution in [3.63, 3.8) is 0 Å². The molecule has 0 radical (unpaired) electrons. The zero-order valence-corrected chi connectivity index (χ0v) is 15.8. The molecule has 1 saturated heterocycles. The zero-order chi connectivity index (χ0) is 19.8. The highest BCUT2D eigenvalue weighted by atomic mass is 16.5. The van der Waals surface area contributed by atoms with E-state index >= 15 is 0 Å². The number of benzene rings is 1. The highest BCUT2D eigenvalue weighted by Gasteiger charge is 2.25. The van der Waals surface area contributed by atoms with Gasteiger partial charge in [0.1, 0.15) is 5.69 Å². The van der Waals surface area contributed by atoms with Crippen molar-refractivity contribution in [2.75, 3.05) is 33.4 Å². The van der Waals surface area contributed by atoms with Crippen LogP contribution in [0.2, 0.25) is 0 Å². The molecule has 0 bridgehead atoms. The summed E-state index contributed by atoms with van der Waals surface area (Å²) in [5.74, 6) is 0.982. The number of carbonyl (C=O) groups excluding carboxylic acids is 2. The first-order valence-corrected chi connectivity index (χ1v) is 9.25. The van der Waals surface area contributed by atoms with Gasteiger partial charge >= 0.3 is 0 Å². The number of methoxy groups -OCH3 is 1. The number of hydrogen-bond acceptors (Lipinski definition) is 6. The third-order valence-electron chi connectivity index (χ3n) is 4.60. The van der Waals surface area contributed by atoms with Crippen LogP contribution in [0.3, 0.4) is 0 Å². The number of hydrogen-bond donors (Lipinski definition) is 1. The number of nitrogens with one attached hydrogen (secondary N) is 1. The van der Waals surface area contributed by atoms with Gasteiger partial charge in [0.15, 0.2) is 18.1 Å². The second-order valence-electron chi connectivity index (χ2n) is 6.59. The third-order valence-corrected chi connectivity index (χ3v) is 4.60. The van der Waals surface area contributed by atoms with E-state index in [1.165, 1.54) is 12.4 Å². The minimum atomic E-state index is -0.205. The number of likely N-dealkylation sites (tertiary alicyclic amines) is 1. The number of piperidine rings is 1. The maximum Gasteiger partial charge on any atom is 0.274 e. The van der Waals surface area contributed by atoms with E-state index in [0.29, 0.717) is 36.8 Å². The summed E-state index contributed by atoms with van der Waals surface area (Å²) in [6, 6.07) is 7.19. The van der Waals surface area contributed by atoms with E-state index in [2.05, 4.69) is 15.3 Å². The number of nitrogens with zero attached hydrogens (tertiary/aromatic N) is 3. The lowest BCUT2D eigenvalue weighted by Gasteiger charge is -2.32. The SMILES string of the molecule is COc1ccccc1OCC(=O)NC[C@@H]1CCCN(C(=O)c2cnccn2)C1. The molecule has 2 heterocycles. The van der Waals surface area contributed by atoms with Gasteiger partial charge in [0.2, 0.25) is 0 Å². The topological polar surface area (TPSA) is 93.7 Å². The molecule has 0 saturated carbocycles. The molecule has 1 fully saturated rings. The van der Waals surface area contributed by atoms with Gasteiger partial charge in [-0.3, -0.25) is 14.6 Å². The van der Waals surface area contributed by atoms with Gasteiger partial charge in [-0.15, -0.1) is 0 Å². The standard InChI is InChI=1S/C20H24N4O4/c1-27-17-6-2-3-7-18(17)28-14-19(25)23-11-15-5-4-10-24(13-15)20(26)16-12-21-8-9-22-16/h2-3,6-9,12,15H,4-5,10-11,13-14H2,1H3,(H,23,25)/t15-/m0/s1. The fourth-order valence-electron chi connectivity index (χ4n) is 3.18. The van der Waals surface area contributed by atoms with Crippen molar-refractivity contribution in [1.82, 2.24) is 20.2 Å². The van der Waals surface area contributed by atoms with Crippen LogP contribution in [0.4, 0.5) is 0 Å². The van der Waals surface area contributed by atoms with Gasteiger partial charge < -0.3 is 19.7 Å². The molecule has 8 nitrogen and oxygen atoms in total. The zero-order valence-electron chi connectivity index (χ0n) is 15.8. The minimum absolute atomic E-state index is 0.0880. The summed E-state index contributed by atoms with van der Waals surface area (Å²) >= 11 is 0. The number of para-hydroxylation sites is 2. The van der Waals surface area contributed by atoms with Crippen molar-refractivity contribution in [3.05, 3.63) is 48.5 Å². The van der Waals surface area contributed by atoms with Gasteiger partial charge in [-0.25, -0.2) is 4.98 Å². The Balaban J connectivity index is 1.45. The maximum absolute atomic E-state index is 12.5. The smallest absolute Gasteiger partial charge is 0.274 e. The molecular weight excluding hydrogens is 360 g/mol. The normalized spacial score (nSPS) is 16.3. The summed E-state index contributed by atoms with van der Waals surface area (Å²) in [5.41, 5.74) is 0.345. The third kappa shape index (κ3) is 5.18. The van der Waals surface area contributed by atoms with Crippen molar-refractivity contribution in [3.8, 4) is 11.5 Å². The molecule has 1 aliphatic rings. The second kappa shape index (κ2) is 9.68. The van der Waals surface area contributed by atoms with Crippen molar-refractivity contribution in [1.29, 1.82) is 0 Å². The predicted molar refractivity (Wildman–Crippen MR) is 102 cm³/mol. The van der Waals surface area contributed by atoms with Gasteiger partial charge in [0.25, 0.3) is 11.8 Å². The lowest BCUT2D eigenvalue weighted by Crippen LogP contribution is -2.44. The molecule has 1 aromatic carbocycles. The molecule has 1 aromatic heterocycles. The van der Waals surface area contributed by atoms with Crippen LogP contribution in [0.25, 0.3) is 0 Å². The Hall–Kier alpha value is -3.16. The van der Waals surface area contributed by atoms with Crippen LogP contribution < -0.4 is 14.8 Å². The fourth-order valence-corrected chi connectivity index (χ4v) is 3.18. The summed E-state index contributed by atoms with van der Waals surface area (Å²) in [6.07, 6.45) is 6.38. The quantitative estimate of drug-likeness (QED) is 0.778. The second-order valence-corrected chi connectivity index (χ2v) is 6.59. The van der Waals surface area contributed by atoms with E-state index < -0.39 is 0 Å². The molecule has 2 aromatic rings. The molecule has 2 amide bonds. The van der Waals surface area contributed by atoms with Crippen molar-refractivity contribution >= 4 is 11.8 Å². The van der Waals surface area contributed by atoms with E-state index in [0.717, 1.165) is 12.8 Å². The van der Waals surface area contributed by atoms with Crippen LogP contribution in [0, 0.1) is 5.92 Å². The molecule has 148 valence electrons. The molecule has 1 atom stereocenters. The lowest BCUT2D eigenvalue weighted by atomic mass is 9.97. The van der Waals surface area contributed by atoms with Crippen LogP contribution >= 0.6 is 0 Å². The Bertz CT molecular complexity index is 800. The average Bonchev–Trinajstić information content (AvgIpc) is 2.76. The Labute approximate surface area is 163 Å². The molecule has 1 aliphatic heterocycles. The van der Waals surface area contributed by atoms with Gasteiger partial charge in [-0.05, 0) is 30.9 Å². The number of rotatable bonds is 7. The Kier molecular flexibility index (Phi) is 6.78. The fraction of sp³-hybridized carbons (Fsp3) is 0.400. The maximum atomic E-state index is 12.5. The van der Waals surface area contributed by atoms with Crippen LogP contribution in [0.1, 0.15) is 23.3 Å². The minimum Gasteiger partial charge on any atom is -0.493 e. The summed E-state index contributed by atoms with van der Waals surface area (Å²) in [4.78, 5) is 34.4. The number of carbonyl (C=O) groups is 2. The first-order chi connectivity index (χ1) is 13.7. The molecular formula is C20H24N4O4. The summed E-state index contributed by atoms with van der Waals surface area (Å²) in [7, 11) is 1.55. The largest absolute Gasteiger partial charge is 0.493 e. The van der Waals surface area contributed by atoms with Crippen molar-refractivity contribution in [2.45, 2.75) is 12.8 Å². The molecule has 3 rings (SSSR count). The molecule has 28 heavy (non-hydrogen) atoms. The van der Waals surface area contributed by atoms with E-state index in [-0.39, 0.29) is 24.3 Å². The molecule has 0 aliphatic carbocycles. The van der Waals surface area contributed by atoms with Crippen LogP contribution in [-0.2, 0) is 4.79 Å². The average molecular weight is 384 g/mol. The van der Waals surface area contributed by atoms with E-state index in [4.69, 9.17) is 9.47 Å². The number of ether oxygens (including phenoxy) is 2. The first kappa shape index (κ1) is 19.6. The van der Waals surface area contributed by atoms with Gasteiger partial charge in [0.05, 0.1) is 13.3 Å². The Morgan fingerprint density at radius 1 is 1.25 bits per heavy atom. The van der Waals surface area contributed by atoms with Gasteiger partial charge in [0, 0.05) is 32.0 Å².